The zero-order chi connectivity index (χ0) is 13.4. The molecule has 0 aromatic heterocycles. The molecule has 0 unspecified atom stereocenters. The van der Waals surface area contributed by atoms with Gasteiger partial charge in [0.1, 0.15) is 0 Å². The summed E-state index contributed by atoms with van der Waals surface area (Å²) in [5, 5.41) is 20.5. The second kappa shape index (κ2) is 7.58. The van der Waals surface area contributed by atoms with Gasteiger partial charge in [-0.3, -0.25) is 5.32 Å². The number of likely N-dealkylation sites (N-methyl/N-ethyl adjacent to an activating group) is 1. The molecule has 0 saturated carbocycles. The van der Waals surface area contributed by atoms with Gasteiger partial charge in [0.05, 0.1) is 12.3 Å². The molecule has 0 aliphatic heterocycles. The first kappa shape index (κ1) is 14.4. The van der Waals surface area contributed by atoms with Crippen LogP contribution >= 0.6 is 11.8 Å². The SMILES string of the molecule is CSC(=Nc1ccc(N(C)CCO)cc1)NC#N. The van der Waals surface area contributed by atoms with E-state index in [9.17, 15) is 0 Å². The Labute approximate surface area is 111 Å². The van der Waals surface area contributed by atoms with Crippen molar-refractivity contribution >= 4 is 28.3 Å². The molecule has 1 aromatic rings. The van der Waals surface area contributed by atoms with Crippen LogP contribution in [0.15, 0.2) is 29.3 Å². The molecule has 0 atom stereocenters. The number of anilines is 1. The largest absolute Gasteiger partial charge is 0.395 e. The fourth-order valence-corrected chi connectivity index (χ4v) is 1.69. The maximum absolute atomic E-state index is 8.86. The van der Waals surface area contributed by atoms with Crippen LogP contribution in [-0.2, 0) is 0 Å². The van der Waals surface area contributed by atoms with Crippen LogP contribution in [0.2, 0.25) is 0 Å². The number of nitriles is 1. The van der Waals surface area contributed by atoms with Crippen molar-refractivity contribution in [1.82, 2.24) is 5.32 Å². The van der Waals surface area contributed by atoms with Crippen molar-refractivity contribution in [2.75, 3.05) is 31.4 Å². The van der Waals surface area contributed by atoms with Gasteiger partial charge in [-0.1, -0.05) is 11.8 Å². The molecule has 0 saturated heterocycles. The Balaban J connectivity index is 2.79. The summed E-state index contributed by atoms with van der Waals surface area (Å²) >= 11 is 1.38. The van der Waals surface area contributed by atoms with Gasteiger partial charge >= 0.3 is 0 Å². The minimum atomic E-state index is 0.124. The Bertz CT molecular complexity index is 438. The van der Waals surface area contributed by atoms with E-state index in [0.717, 1.165) is 11.4 Å². The average molecular weight is 264 g/mol. The zero-order valence-electron chi connectivity index (χ0n) is 10.4. The summed E-state index contributed by atoms with van der Waals surface area (Å²) in [4.78, 5) is 6.25. The number of thioether (sulfide) groups is 1. The van der Waals surface area contributed by atoms with E-state index in [1.807, 2.05) is 48.7 Å². The molecular weight excluding hydrogens is 248 g/mol. The fourth-order valence-electron chi connectivity index (χ4n) is 1.35. The van der Waals surface area contributed by atoms with Crippen molar-refractivity contribution in [3.05, 3.63) is 24.3 Å². The van der Waals surface area contributed by atoms with Crippen LogP contribution in [0, 0.1) is 11.5 Å². The van der Waals surface area contributed by atoms with Crippen molar-refractivity contribution in [1.29, 1.82) is 5.26 Å². The monoisotopic (exact) mass is 264 g/mol. The summed E-state index contributed by atoms with van der Waals surface area (Å²) < 4.78 is 0. The lowest BCUT2D eigenvalue weighted by molar-refractivity contribution is 0.304. The second-order valence-corrected chi connectivity index (χ2v) is 4.31. The first-order valence-corrected chi connectivity index (χ1v) is 6.63. The summed E-state index contributed by atoms with van der Waals surface area (Å²) in [6, 6.07) is 7.61. The van der Waals surface area contributed by atoms with Crippen LogP contribution < -0.4 is 10.2 Å². The fraction of sp³-hybridized carbons (Fsp3) is 0.333. The van der Waals surface area contributed by atoms with Gasteiger partial charge in [0.15, 0.2) is 11.4 Å². The highest BCUT2D eigenvalue weighted by Crippen LogP contribution is 2.19. The Hall–Kier alpha value is -1.71. The lowest BCUT2D eigenvalue weighted by Gasteiger charge is -2.17. The Morgan fingerprint density at radius 2 is 2.17 bits per heavy atom. The smallest absolute Gasteiger partial charge is 0.183 e. The van der Waals surface area contributed by atoms with Crippen LogP contribution in [0.25, 0.3) is 0 Å². The van der Waals surface area contributed by atoms with Crippen molar-refractivity contribution in [2.24, 2.45) is 4.99 Å². The van der Waals surface area contributed by atoms with Gasteiger partial charge in [-0.05, 0) is 30.5 Å². The number of aliphatic hydroxyl groups is 1. The van der Waals surface area contributed by atoms with Crippen LogP contribution in [-0.4, -0.2) is 36.7 Å². The molecule has 0 radical (unpaired) electrons. The first-order chi connectivity index (χ1) is 8.71. The van der Waals surface area contributed by atoms with Gasteiger partial charge in [0.25, 0.3) is 0 Å². The highest BCUT2D eigenvalue weighted by atomic mass is 32.2. The summed E-state index contributed by atoms with van der Waals surface area (Å²) in [6.45, 7) is 0.716. The number of nitrogens with zero attached hydrogens (tertiary/aromatic N) is 3. The summed E-state index contributed by atoms with van der Waals surface area (Å²) in [5.41, 5.74) is 1.80. The third-order valence-corrected chi connectivity index (χ3v) is 2.89. The number of aliphatic hydroxyl groups excluding tert-OH is 1. The minimum absolute atomic E-state index is 0.124. The van der Waals surface area contributed by atoms with Crippen molar-refractivity contribution in [3.63, 3.8) is 0 Å². The minimum Gasteiger partial charge on any atom is -0.395 e. The van der Waals surface area contributed by atoms with Crippen LogP contribution in [0.4, 0.5) is 11.4 Å². The normalized spacial score (nSPS) is 10.9. The number of amidine groups is 1. The second-order valence-electron chi connectivity index (χ2n) is 3.52. The van der Waals surface area contributed by atoms with Crippen molar-refractivity contribution in [3.8, 4) is 6.19 Å². The third-order valence-electron chi connectivity index (χ3n) is 2.31. The standard InChI is InChI=1S/C12H16N4OS/c1-16(7-8-17)11-5-3-10(4-6-11)15-12(18-2)14-9-13/h3-6,17H,7-8H2,1-2H3,(H,14,15). The van der Waals surface area contributed by atoms with Crippen molar-refractivity contribution in [2.45, 2.75) is 0 Å². The van der Waals surface area contributed by atoms with Crippen LogP contribution in [0.3, 0.4) is 0 Å². The topological polar surface area (TPSA) is 71.7 Å². The van der Waals surface area contributed by atoms with Crippen molar-refractivity contribution < 1.29 is 5.11 Å². The van der Waals surface area contributed by atoms with E-state index in [1.54, 1.807) is 0 Å². The highest BCUT2D eigenvalue weighted by molar-refractivity contribution is 8.13. The molecule has 0 amide bonds. The summed E-state index contributed by atoms with van der Waals surface area (Å²) in [7, 11) is 1.92. The van der Waals surface area contributed by atoms with E-state index in [4.69, 9.17) is 10.4 Å². The van der Waals surface area contributed by atoms with Gasteiger partial charge in [-0.25, -0.2) is 4.99 Å². The molecule has 5 nitrogen and oxygen atoms in total. The number of nitrogens with one attached hydrogen (secondary N) is 1. The van der Waals surface area contributed by atoms with E-state index in [-0.39, 0.29) is 6.61 Å². The Morgan fingerprint density at radius 1 is 1.50 bits per heavy atom. The molecule has 0 spiro atoms. The molecule has 18 heavy (non-hydrogen) atoms. The average Bonchev–Trinajstić information content (AvgIpc) is 2.39. The Morgan fingerprint density at radius 3 is 2.67 bits per heavy atom. The predicted octanol–water partition coefficient (Wildman–Crippen LogP) is 1.54. The first-order valence-electron chi connectivity index (χ1n) is 5.41. The van der Waals surface area contributed by atoms with Gasteiger partial charge in [0.2, 0.25) is 0 Å². The molecule has 1 aromatic carbocycles. The van der Waals surface area contributed by atoms with Gasteiger partial charge < -0.3 is 10.0 Å². The van der Waals surface area contributed by atoms with E-state index in [0.29, 0.717) is 11.7 Å². The molecule has 0 aliphatic carbocycles. The Kier molecular flexibility index (Phi) is 6.05. The van der Waals surface area contributed by atoms with Crippen LogP contribution in [0.5, 0.6) is 0 Å². The molecule has 0 bridgehead atoms. The molecular formula is C12H16N4OS. The molecule has 0 aliphatic rings. The highest BCUT2D eigenvalue weighted by Gasteiger charge is 2.00. The van der Waals surface area contributed by atoms with E-state index >= 15 is 0 Å². The quantitative estimate of drug-likeness (QED) is 0.373. The molecule has 0 fully saturated rings. The number of aliphatic imine (C=N–C) groups is 1. The molecule has 0 heterocycles. The van der Waals surface area contributed by atoms with Gasteiger partial charge in [0, 0.05) is 19.3 Å². The van der Waals surface area contributed by atoms with E-state index < -0.39 is 0 Å². The maximum Gasteiger partial charge on any atom is 0.183 e. The molecule has 96 valence electrons. The maximum atomic E-state index is 8.86. The summed E-state index contributed by atoms with van der Waals surface area (Å²) in [5.74, 6) is 0. The number of benzene rings is 1. The lowest BCUT2D eigenvalue weighted by atomic mass is 10.2. The number of hydrogen-bond donors (Lipinski definition) is 2. The number of rotatable bonds is 4. The van der Waals surface area contributed by atoms with Crippen LogP contribution in [0.1, 0.15) is 0 Å². The van der Waals surface area contributed by atoms with Gasteiger partial charge in [-0.15, -0.1) is 0 Å². The zero-order valence-corrected chi connectivity index (χ0v) is 11.2. The van der Waals surface area contributed by atoms with Gasteiger partial charge in [-0.2, -0.15) is 5.26 Å². The predicted molar refractivity (Wildman–Crippen MR) is 76.2 cm³/mol. The van der Waals surface area contributed by atoms with E-state index in [1.165, 1.54) is 11.8 Å². The lowest BCUT2D eigenvalue weighted by Crippen LogP contribution is -2.20. The number of hydrogen-bond acceptors (Lipinski definition) is 5. The summed E-state index contributed by atoms with van der Waals surface area (Å²) in [6.07, 6.45) is 3.70. The molecule has 1 rings (SSSR count). The molecule has 2 N–H and O–H groups in total. The van der Waals surface area contributed by atoms with E-state index in [2.05, 4.69) is 10.3 Å². The molecule has 6 heteroatoms. The third kappa shape index (κ3) is 4.28.